The summed E-state index contributed by atoms with van der Waals surface area (Å²) < 4.78 is 17.8. The molecule has 2 amide bonds. The lowest BCUT2D eigenvalue weighted by molar-refractivity contribution is -0.123. The van der Waals surface area contributed by atoms with E-state index in [2.05, 4.69) is 15.8 Å². The normalized spacial score (nSPS) is 11.8. The highest BCUT2D eigenvalue weighted by molar-refractivity contribution is 5.87. The molecule has 136 valence electrons. The number of carbonyl (C=O) groups is 2. The number of amides is 2. The van der Waals surface area contributed by atoms with E-state index in [1.165, 1.54) is 30.5 Å². The molecule has 0 spiro atoms. The number of carbonyl (C=O) groups excluding carboxylic acids is 2. The third kappa shape index (κ3) is 6.33. The molecule has 2 aromatic rings. The molecule has 3 N–H and O–H groups in total. The molecule has 2 aromatic carbocycles. The average Bonchev–Trinajstić information content (AvgIpc) is 2.66. The highest BCUT2D eigenvalue weighted by atomic mass is 19.1. The smallest absolute Gasteiger partial charge is 0.408 e. The number of hydrazone groups is 1. The van der Waals surface area contributed by atoms with Crippen LogP contribution in [-0.2, 0) is 16.1 Å². The summed E-state index contributed by atoms with van der Waals surface area (Å²) in [5.74, 6) is -1.10. The van der Waals surface area contributed by atoms with Crippen LogP contribution in [0.5, 0.6) is 0 Å². The van der Waals surface area contributed by atoms with Crippen LogP contribution < -0.4 is 10.7 Å². The molecule has 8 heteroatoms. The fourth-order valence-corrected chi connectivity index (χ4v) is 1.90. The first-order valence-electron chi connectivity index (χ1n) is 7.75. The highest BCUT2D eigenvalue weighted by Gasteiger charge is 2.20. The molecule has 0 fully saturated rings. The van der Waals surface area contributed by atoms with E-state index in [0.717, 1.165) is 5.56 Å². The number of alkyl carbamates (subject to hydrolysis) is 1. The number of hydrogen-bond acceptors (Lipinski definition) is 5. The van der Waals surface area contributed by atoms with Gasteiger partial charge in [0.1, 0.15) is 18.5 Å². The topological polar surface area (TPSA) is 100 Å². The number of aliphatic hydroxyl groups is 1. The number of halogens is 1. The molecule has 0 saturated carbocycles. The summed E-state index contributed by atoms with van der Waals surface area (Å²) in [6, 6.07) is 13.3. The van der Waals surface area contributed by atoms with Gasteiger partial charge in [0.2, 0.25) is 0 Å². The van der Waals surface area contributed by atoms with Gasteiger partial charge in [0.25, 0.3) is 5.91 Å². The van der Waals surface area contributed by atoms with E-state index in [9.17, 15) is 19.1 Å². The second-order valence-electron chi connectivity index (χ2n) is 5.23. The van der Waals surface area contributed by atoms with Crippen LogP contribution in [0.3, 0.4) is 0 Å². The van der Waals surface area contributed by atoms with Crippen LogP contribution in [-0.4, -0.2) is 36.0 Å². The van der Waals surface area contributed by atoms with Gasteiger partial charge in [0.15, 0.2) is 0 Å². The van der Waals surface area contributed by atoms with Crippen LogP contribution in [0.25, 0.3) is 0 Å². The predicted octanol–water partition coefficient (Wildman–Crippen LogP) is 1.56. The number of aliphatic hydroxyl groups excluding tert-OH is 1. The molecule has 2 rings (SSSR count). The van der Waals surface area contributed by atoms with Crippen molar-refractivity contribution in [1.29, 1.82) is 0 Å². The number of nitrogens with zero attached hydrogens (tertiary/aromatic N) is 1. The zero-order chi connectivity index (χ0) is 18.8. The Kier molecular flexibility index (Phi) is 7.26. The van der Waals surface area contributed by atoms with Crippen molar-refractivity contribution >= 4 is 18.2 Å². The van der Waals surface area contributed by atoms with Crippen LogP contribution in [0.1, 0.15) is 11.1 Å². The van der Waals surface area contributed by atoms with Crippen molar-refractivity contribution in [2.75, 3.05) is 6.61 Å². The first kappa shape index (κ1) is 19.1. The van der Waals surface area contributed by atoms with Crippen LogP contribution in [0.15, 0.2) is 59.7 Å². The lowest BCUT2D eigenvalue weighted by atomic mass is 10.2. The molecule has 1 unspecified atom stereocenters. The molecule has 26 heavy (non-hydrogen) atoms. The highest BCUT2D eigenvalue weighted by Crippen LogP contribution is 2.01. The molecule has 0 saturated heterocycles. The second kappa shape index (κ2) is 9.90. The first-order valence-corrected chi connectivity index (χ1v) is 7.75. The van der Waals surface area contributed by atoms with Crippen molar-refractivity contribution in [3.05, 3.63) is 71.5 Å². The Labute approximate surface area is 149 Å². The van der Waals surface area contributed by atoms with Crippen LogP contribution >= 0.6 is 0 Å². The van der Waals surface area contributed by atoms with E-state index in [4.69, 9.17) is 4.74 Å². The van der Waals surface area contributed by atoms with E-state index < -0.39 is 24.6 Å². The molecule has 0 radical (unpaired) electrons. The van der Waals surface area contributed by atoms with E-state index >= 15 is 0 Å². The van der Waals surface area contributed by atoms with Crippen molar-refractivity contribution in [2.45, 2.75) is 12.6 Å². The summed E-state index contributed by atoms with van der Waals surface area (Å²) in [4.78, 5) is 23.6. The SMILES string of the molecule is O=C(NC(CO)C(=O)N/N=C/c1ccc(F)cc1)OCc1ccccc1. The van der Waals surface area contributed by atoms with Gasteiger partial charge >= 0.3 is 6.09 Å². The van der Waals surface area contributed by atoms with Crippen molar-refractivity contribution in [1.82, 2.24) is 10.7 Å². The van der Waals surface area contributed by atoms with E-state index in [1.807, 2.05) is 6.07 Å². The summed E-state index contributed by atoms with van der Waals surface area (Å²) in [7, 11) is 0. The number of ether oxygens (including phenoxy) is 1. The van der Waals surface area contributed by atoms with Crippen LogP contribution in [0, 0.1) is 5.82 Å². The van der Waals surface area contributed by atoms with Gasteiger partial charge in [-0.2, -0.15) is 5.10 Å². The Bertz CT molecular complexity index is 751. The quantitative estimate of drug-likeness (QED) is 0.516. The third-order valence-electron chi connectivity index (χ3n) is 3.26. The molecule has 7 nitrogen and oxygen atoms in total. The lowest BCUT2D eigenvalue weighted by Crippen LogP contribution is -2.47. The maximum atomic E-state index is 12.8. The lowest BCUT2D eigenvalue weighted by Gasteiger charge is -2.14. The van der Waals surface area contributed by atoms with Gasteiger partial charge in [-0.15, -0.1) is 0 Å². The molecule has 0 bridgehead atoms. The van der Waals surface area contributed by atoms with Gasteiger partial charge in [0, 0.05) is 0 Å². The van der Waals surface area contributed by atoms with E-state index in [1.54, 1.807) is 24.3 Å². The average molecular weight is 359 g/mol. The first-order chi connectivity index (χ1) is 12.6. The Morgan fingerprint density at radius 2 is 1.85 bits per heavy atom. The zero-order valence-electron chi connectivity index (χ0n) is 13.8. The summed E-state index contributed by atoms with van der Waals surface area (Å²) >= 11 is 0. The fourth-order valence-electron chi connectivity index (χ4n) is 1.90. The molecular weight excluding hydrogens is 341 g/mol. The van der Waals surface area contributed by atoms with Gasteiger partial charge in [-0.05, 0) is 23.3 Å². The van der Waals surface area contributed by atoms with Gasteiger partial charge in [-0.1, -0.05) is 42.5 Å². The molecule has 0 aliphatic carbocycles. The number of nitrogens with one attached hydrogen (secondary N) is 2. The maximum Gasteiger partial charge on any atom is 0.408 e. The molecule has 0 aliphatic heterocycles. The van der Waals surface area contributed by atoms with Gasteiger partial charge < -0.3 is 15.2 Å². The van der Waals surface area contributed by atoms with Gasteiger partial charge in [-0.3, -0.25) is 4.79 Å². The fraction of sp³-hybridized carbons (Fsp3) is 0.167. The molecule has 0 aliphatic rings. The minimum atomic E-state index is -1.22. The Morgan fingerprint density at radius 1 is 1.15 bits per heavy atom. The van der Waals surface area contributed by atoms with E-state index in [-0.39, 0.29) is 12.4 Å². The standard InChI is InChI=1S/C18H18FN3O4/c19-15-8-6-13(7-9-15)10-20-22-17(24)16(11-23)21-18(25)26-12-14-4-2-1-3-5-14/h1-10,16,23H,11-12H2,(H,21,25)(H,22,24)/b20-10+. The Balaban J connectivity index is 1.79. The summed E-state index contributed by atoms with van der Waals surface area (Å²) in [5, 5.41) is 15.2. The number of hydrogen-bond donors (Lipinski definition) is 3. The van der Waals surface area contributed by atoms with Gasteiger partial charge in [0.05, 0.1) is 12.8 Å². The molecule has 0 heterocycles. The third-order valence-corrected chi connectivity index (χ3v) is 3.26. The van der Waals surface area contributed by atoms with Crippen LogP contribution in [0.4, 0.5) is 9.18 Å². The van der Waals surface area contributed by atoms with Crippen molar-refractivity contribution < 1.29 is 23.8 Å². The Morgan fingerprint density at radius 3 is 2.50 bits per heavy atom. The van der Waals surface area contributed by atoms with Crippen molar-refractivity contribution in [3.8, 4) is 0 Å². The minimum absolute atomic E-state index is 0.0369. The van der Waals surface area contributed by atoms with Crippen molar-refractivity contribution in [3.63, 3.8) is 0 Å². The van der Waals surface area contributed by atoms with Crippen LogP contribution in [0.2, 0.25) is 0 Å². The summed E-state index contributed by atoms with van der Waals surface area (Å²) in [5.41, 5.74) is 3.54. The molecular formula is C18H18FN3O4. The van der Waals surface area contributed by atoms with Crippen molar-refractivity contribution in [2.24, 2.45) is 5.10 Å². The summed E-state index contributed by atoms with van der Waals surface area (Å²) in [6.07, 6.45) is 0.463. The largest absolute Gasteiger partial charge is 0.445 e. The second-order valence-corrected chi connectivity index (χ2v) is 5.23. The monoisotopic (exact) mass is 359 g/mol. The van der Waals surface area contributed by atoms with E-state index in [0.29, 0.717) is 5.56 Å². The number of benzene rings is 2. The Hall–Kier alpha value is -3.26. The minimum Gasteiger partial charge on any atom is -0.445 e. The maximum absolute atomic E-state index is 12.8. The zero-order valence-corrected chi connectivity index (χ0v) is 13.8. The molecule has 1 atom stereocenters. The number of rotatable bonds is 7. The molecule has 0 aromatic heterocycles. The predicted molar refractivity (Wildman–Crippen MR) is 92.8 cm³/mol. The van der Waals surface area contributed by atoms with Gasteiger partial charge in [-0.25, -0.2) is 14.6 Å². The summed E-state index contributed by atoms with van der Waals surface area (Å²) in [6.45, 7) is -0.590.